The molecule has 0 spiro atoms. The molecule has 0 amide bonds. The zero-order chi connectivity index (χ0) is 9.52. The number of hydrogen-bond donors (Lipinski definition) is 1. The third-order valence-corrected chi connectivity index (χ3v) is 3.21. The van der Waals surface area contributed by atoms with Gasteiger partial charge in [0.2, 0.25) is 0 Å². The topological polar surface area (TPSA) is 12.0 Å². The van der Waals surface area contributed by atoms with E-state index in [-0.39, 0.29) is 0 Å². The number of hydrogen-bond acceptors (Lipinski definition) is 2. The third kappa shape index (κ3) is 4.69. The van der Waals surface area contributed by atoms with Gasteiger partial charge >= 0.3 is 0 Å². The van der Waals surface area contributed by atoms with Crippen molar-refractivity contribution in [1.29, 1.82) is 0 Å². The van der Waals surface area contributed by atoms with Crippen LogP contribution in [0.1, 0.15) is 6.42 Å². The Balaban J connectivity index is 2.28. The van der Waals surface area contributed by atoms with E-state index >= 15 is 0 Å². The van der Waals surface area contributed by atoms with Gasteiger partial charge in [0.25, 0.3) is 0 Å². The largest absolute Gasteiger partial charge is 0.320 e. The second-order valence-corrected chi connectivity index (χ2v) is 4.85. The van der Waals surface area contributed by atoms with Crippen LogP contribution in [-0.4, -0.2) is 19.3 Å². The molecule has 0 saturated carbocycles. The molecule has 1 nitrogen and oxygen atoms in total. The van der Waals surface area contributed by atoms with Crippen molar-refractivity contribution in [3.8, 4) is 0 Å². The van der Waals surface area contributed by atoms with Gasteiger partial charge in [-0.25, -0.2) is 0 Å². The van der Waals surface area contributed by atoms with Crippen molar-refractivity contribution in [3.63, 3.8) is 0 Å². The maximum absolute atomic E-state index is 3.46. The highest BCUT2D eigenvalue weighted by molar-refractivity contribution is 9.10. The molecular formula is C10H14BrNS. The molecule has 0 unspecified atom stereocenters. The first-order valence-corrected chi connectivity index (χ1v) is 6.14. The molecule has 1 aromatic rings. The molecule has 0 aromatic heterocycles. The number of thioether (sulfide) groups is 1. The summed E-state index contributed by atoms with van der Waals surface area (Å²) in [4.78, 5) is 1.34. The summed E-state index contributed by atoms with van der Waals surface area (Å²) in [5, 5.41) is 3.14. The van der Waals surface area contributed by atoms with Crippen LogP contribution in [0, 0.1) is 0 Å². The van der Waals surface area contributed by atoms with Crippen molar-refractivity contribution in [1.82, 2.24) is 5.32 Å². The maximum Gasteiger partial charge on any atom is 0.0186 e. The van der Waals surface area contributed by atoms with E-state index in [4.69, 9.17) is 0 Å². The van der Waals surface area contributed by atoms with Crippen molar-refractivity contribution in [2.24, 2.45) is 0 Å². The Hall–Kier alpha value is 0.01000. The average Bonchev–Trinajstić information content (AvgIpc) is 2.13. The Labute approximate surface area is 92.4 Å². The minimum Gasteiger partial charge on any atom is -0.320 e. The van der Waals surface area contributed by atoms with Crippen LogP contribution in [-0.2, 0) is 0 Å². The fourth-order valence-electron chi connectivity index (χ4n) is 0.996. The van der Waals surface area contributed by atoms with E-state index in [1.54, 1.807) is 0 Å². The molecule has 72 valence electrons. The molecule has 0 aliphatic carbocycles. The Morgan fingerprint density at radius 3 is 3.00 bits per heavy atom. The average molecular weight is 260 g/mol. The van der Waals surface area contributed by atoms with Gasteiger partial charge in [-0.2, -0.15) is 0 Å². The molecule has 0 aliphatic rings. The molecule has 0 fully saturated rings. The van der Waals surface area contributed by atoms with Gasteiger partial charge in [-0.3, -0.25) is 0 Å². The van der Waals surface area contributed by atoms with E-state index in [0.29, 0.717) is 0 Å². The van der Waals surface area contributed by atoms with E-state index in [9.17, 15) is 0 Å². The summed E-state index contributed by atoms with van der Waals surface area (Å²) < 4.78 is 1.16. The van der Waals surface area contributed by atoms with Gasteiger partial charge in [0, 0.05) is 9.37 Å². The molecule has 0 heterocycles. The van der Waals surface area contributed by atoms with Crippen molar-refractivity contribution >= 4 is 27.7 Å². The molecule has 1 N–H and O–H groups in total. The quantitative estimate of drug-likeness (QED) is 0.644. The van der Waals surface area contributed by atoms with Crippen LogP contribution in [0.15, 0.2) is 33.6 Å². The molecular weight excluding hydrogens is 246 g/mol. The number of nitrogens with one attached hydrogen (secondary N) is 1. The van der Waals surface area contributed by atoms with Gasteiger partial charge in [0.05, 0.1) is 0 Å². The molecule has 0 atom stereocenters. The maximum atomic E-state index is 3.46. The minimum absolute atomic E-state index is 1.10. The zero-order valence-electron chi connectivity index (χ0n) is 7.72. The molecule has 0 aliphatic heterocycles. The van der Waals surface area contributed by atoms with Crippen LogP contribution in [0.3, 0.4) is 0 Å². The van der Waals surface area contributed by atoms with E-state index in [2.05, 4.69) is 45.5 Å². The van der Waals surface area contributed by atoms with Crippen molar-refractivity contribution in [3.05, 3.63) is 28.7 Å². The SMILES string of the molecule is CNCCCSc1cccc(Br)c1. The van der Waals surface area contributed by atoms with Crippen LogP contribution < -0.4 is 5.32 Å². The summed E-state index contributed by atoms with van der Waals surface area (Å²) in [6.07, 6.45) is 1.22. The van der Waals surface area contributed by atoms with Crippen LogP contribution in [0.25, 0.3) is 0 Å². The first-order chi connectivity index (χ1) is 6.33. The van der Waals surface area contributed by atoms with E-state index in [1.807, 2.05) is 18.8 Å². The normalized spacial score (nSPS) is 10.3. The fourth-order valence-corrected chi connectivity index (χ4v) is 2.46. The first-order valence-electron chi connectivity index (χ1n) is 4.36. The minimum atomic E-state index is 1.10. The number of rotatable bonds is 5. The first kappa shape index (κ1) is 11.1. The lowest BCUT2D eigenvalue weighted by atomic mass is 10.4. The summed E-state index contributed by atoms with van der Waals surface area (Å²) in [7, 11) is 1.99. The lowest BCUT2D eigenvalue weighted by Crippen LogP contribution is -2.07. The van der Waals surface area contributed by atoms with E-state index in [0.717, 1.165) is 11.0 Å². The summed E-state index contributed by atoms with van der Waals surface area (Å²) in [6, 6.07) is 8.43. The lowest BCUT2D eigenvalue weighted by Gasteiger charge is -2.01. The number of halogens is 1. The predicted octanol–water partition coefficient (Wildman–Crippen LogP) is 3.15. The van der Waals surface area contributed by atoms with Crippen LogP contribution in [0.4, 0.5) is 0 Å². The summed E-state index contributed by atoms with van der Waals surface area (Å²) in [5.74, 6) is 1.18. The van der Waals surface area contributed by atoms with E-state index < -0.39 is 0 Å². The van der Waals surface area contributed by atoms with Crippen LogP contribution in [0.5, 0.6) is 0 Å². The monoisotopic (exact) mass is 259 g/mol. The smallest absolute Gasteiger partial charge is 0.0186 e. The molecule has 1 rings (SSSR count). The Bertz CT molecular complexity index is 252. The molecule has 13 heavy (non-hydrogen) atoms. The summed E-state index contributed by atoms with van der Waals surface area (Å²) in [6.45, 7) is 1.10. The standard InChI is InChI=1S/C10H14BrNS/c1-12-6-3-7-13-10-5-2-4-9(11)8-10/h2,4-5,8,12H,3,6-7H2,1H3. The van der Waals surface area contributed by atoms with Gasteiger partial charge in [0.1, 0.15) is 0 Å². The molecule has 0 radical (unpaired) electrons. The number of benzene rings is 1. The van der Waals surface area contributed by atoms with Crippen molar-refractivity contribution in [2.45, 2.75) is 11.3 Å². The molecule has 0 bridgehead atoms. The van der Waals surface area contributed by atoms with Crippen LogP contribution >= 0.6 is 27.7 Å². The zero-order valence-corrected chi connectivity index (χ0v) is 10.1. The van der Waals surface area contributed by atoms with Crippen molar-refractivity contribution < 1.29 is 0 Å². The predicted molar refractivity (Wildman–Crippen MR) is 63.4 cm³/mol. The molecule has 1 aromatic carbocycles. The fraction of sp³-hybridized carbons (Fsp3) is 0.400. The second kappa shape index (κ2) is 6.46. The van der Waals surface area contributed by atoms with Gasteiger partial charge in [-0.15, -0.1) is 11.8 Å². The Kier molecular flexibility index (Phi) is 5.51. The van der Waals surface area contributed by atoms with Crippen LogP contribution in [0.2, 0.25) is 0 Å². The Morgan fingerprint density at radius 1 is 1.46 bits per heavy atom. The summed E-state index contributed by atoms with van der Waals surface area (Å²) in [5.41, 5.74) is 0. The highest BCUT2D eigenvalue weighted by Crippen LogP contribution is 2.22. The van der Waals surface area contributed by atoms with Crippen molar-refractivity contribution in [2.75, 3.05) is 19.3 Å². The van der Waals surface area contributed by atoms with Gasteiger partial charge in [0.15, 0.2) is 0 Å². The van der Waals surface area contributed by atoms with Gasteiger partial charge in [-0.1, -0.05) is 22.0 Å². The molecule has 3 heteroatoms. The second-order valence-electron chi connectivity index (χ2n) is 2.76. The highest BCUT2D eigenvalue weighted by atomic mass is 79.9. The summed E-state index contributed by atoms with van der Waals surface area (Å²) >= 11 is 5.36. The highest BCUT2D eigenvalue weighted by Gasteiger charge is 1.93. The lowest BCUT2D eigenvalue weighted by molar-refractivity contribution is 0.778. The molecule has 0 saturated heterocycles. The van der Waals surface area contributed by atoms with E-state index in [1.165, 1.54) is 17.1 Å². The van der Waals surface area contributed by atoms with Gasteiger partial charge < -0.3 is 5.32 Å². The Morgan fingerprint density at radius 2 is 2.31 bits per heavy atom. The third-order valence-electron chi connectivity index (χ3n) is 1.64. The van der Waals surface area contributed by atoms with Gasteiger partial charge in [-0.05, 0) is 44.0 Å².